The summed E-state index contributed by atoms with van der Waals surface area (Å²) in [6.45, 7) is 0.835. The second kappa shape index (κ2) is 5.78. The molecular formula is C13H19BrN2. The van der Waals surface area contributed by atoms with Gasteiger partial charge >= 0.3 is 0 Å². The zero-order chi connectivity index (χ0) is 11.4. The van der Waals surface area contributed by atoms with E-state index < -0.39 is 0 Å². The summed E-state index contributed by atoms with van der Waals surface area (Å²) >= 11 is 3.41. The highest BCUT2D eigenvalue weighted by Gasteiger charge is 2.24. The summed E-state index contributed by atoms with van der Waals surface area (Å²) in [6, 6.07) is 4.19. The normalized spacial score (nSPS) is 25.6. The van der Waals surface area contributed by atoms with Crippen LogP contribution < -0.4 is 5.73 Å². The molecule has 1 aromatic rings. The molecule has 0 saturated heterocycles. The van der Waals surface area contributed by atoms with Crippen molar-refractivity contribution in [1.82, 2.24) is 4.98 Å². The topological polar surface area (TPSA) is 38.9 Å². The molecule has 0 amide bonds. The summed E-state index contributed by atoms with van der Waals surface area (Å²) in [7, 11) is 0. The summed E-state index contributed by atoms with van der Waals surface area (Å²) in [5.74, 6) is 1.45. The molecule has 1 fully saturated rings. The lowest BCUT2D eigenvalue weighted by atomic mass is 9.77. The highest BCUT2D eigenvalue weighted by Crippen LogP contribution is 2.31. The highest BCUT2D eigenvalue weighted by atomic mass is 79.9. The average molecular weight is 283 g/mol. The fourth-order valence-electron chi connectivity index (χ4n) is 2.66. The molecule has 1 aliphatic rings. The summed E-state index contributed by atoms with van der Waals surface area (Å²) in [5, 5.41) is 0. The van der Waals surface area contributed by atoms with Gasteiger partial charge in [0.2, 0.25) is 0 Å². The Morgan fingerprint density at radius 1 is 1.25 bits per heavy atom. The van der Waals surface area contributed by atoms with Gasteiger partial charge in [0, 0.05) is 16.4 Å². The quantitative estimate of drug-likeness (QED) is 0.925. The molecule has 1 aliphatic carbocycles. The third kappa shape index (κ3) is 3.05. The molecule has 2 atom stereocenters. The van der Waals surface area contributed by atoms with E-state index in [0.29, 0.717) is 5.92 Å². The van der Waals surface area contributed by atoms with E-state index in [4.69, 9.17) is 5.73 Å². The maximum Gasteiger partial charge on any atom is 0.0413 e. The molecule has 2 nitrogen and oxygen atoms in total. The predicted molar refractivity (Wildman–Crippen MR) is 70.1 cm³/mol. The van der Waals surface area contributed by atoms with Crippen LogP contribution in [-0.2, 0) is 6.42 Å². The van der Waals surface area contributed by atoms with E-state index in [1.165, 1.54) is 31.4 Å². The van der Waals surface area contributed by atoms with Crippen molar-refractivity contribution in [2.45, 2.75) is 32.1 Å². The summed E-state index contributed by atoms with van der Waals surface area (Å²) in [4.78, 5) is 4.45. The molecule has 16 heavy (non-hydrogen) atoms. The van der Waals surface area contributed by atoms with Crippen molar-refractivity contribution in [2.24, 2.45) is 17.6 Å². The van der Waals surface area contributed by atoms with Crippen molar-refractivity contribution in [2.75, 3.05) is 6.54 Å². The Morgan fingerprint density at radius 2 is 2.00 bits per heavy atom. The second-order valence-corrected chi connectivity index (χ2v) is 5.63. The van der Waals surface area contributed by atoms with Crippen LogP contribution in [0, 0.1) is 11.8 Å². The third-order valence-corrected chi connectivity index (χ3v) is 4.10. The minimum Gasteiger partial charge on any atom is -0.330 e. The van der Waals surface area contributed by atoms with Gasteiger partial charge in [0.1, 0.15) is 0 Å². The number of nitrogens with zero attached hydrogens (tertiary/aromatic N) is 1. The predicted octanol–water partition coefficient (Wildman–Crippen LogP) is 3.15. The van der Waals surface area contributed by atoms with E-state index in [1.807, 2.05) is 6.20 Å². The Hall–Kier alpha value is -0.410. The number of hydrogen-bond acceptors (Lipinski definition) is 2. The van der Waals surface area contributed by atoms with Crippen LogP contribution in [0.15, 0.2) is 22.8 Å². The van der Waals surface area contributed by atoms with Crippen LogP contribution in [-0.4, -0.2) is 11.5 Å². The maximum absolute atomic E-state index is 5.84. The lowest BCUT2D eigenvalue weighted by Crippen LogP contribution is -2.28. The van der Waals surface area contributed by atoms with Gasteiger partial charge in [0.15, 0.2) is 0 Å². The van der Waals surface area contributed by atoms with Crippen LogP contribution in [0.4, 0.5) is 0 Å². The Labute approximate surface area is 106 Å². The van der Waals surface area contributed by atoms with Crippen LogP contribution in [0.2, 0.25) is 0 Å². The van der Waals surface area contributed by atoms with Gasteiger partial charge in [-0.2, -0.15) is 0 Å². The molecule has 0 aromatic carbocycles. The Morgan fingerprint density at radius 3 is 2.62 bits per heavy atom. The monoisotopic (exact) mass is 282 g/mol. The van der Waals surface area contributed by atoms with Crippen molar-refractivity contribution in [3.63, 3.8) is 0 Å². The van der Waals surface area contributed by atoms with Gasteiger partial charge in [-0.1, -0.05) is 12.8 Å². The van der Waals surface area contributed by atoms with Gasteiger partial charge < -0.3 is 5.73 Å². The van der Waals surface area contributed by atoms with E-state index >= 15 is 0 Å². The molecular weight excluding hydrogens is 264 g/mol. The van der Waals surface area contributed by atoms with Crippen LogP contribution in [0.25, 0.3) is 0 Å². The van der Waals surface area contributed by atoms with E-state index in [0.717, 1.165) is 23.4 Å². The number of aromatic nitrogens is 1. The van der Waals surface area contributed by atoms with Crippen molar-refractivity contribution in [3.8, 4) is 0 Å². The zero-order valence-electron chi connectivity index (χ0n) is 9.53. The average Bonchev–Trinajstić information content (AvgIpc) is 2.33. The largest absolute Gasteiger partial charge is 0.330 e. The van der Waals surface area contributed by atoms with Gasteiger partial charge in [-0.05, 0) is 65.7 Å². The molecule has 0 bridgehead atoms. The molecule has 2 unspecified atom stereocenters. The first-order valence-electron chi connectivity index (χ1n) is 6.10. The Bertz CT molecular complexity index is 323. The minimum atomic E-state index is 0.708. The number of pyridine rings is 1. The fourth-order valence-corrected chi connectivity index (χ4v) is 2.89. The molecule has 1 heterocycles. The molecule has 1 saturated carbocycles. The molecule has 3 heteroatoms. The first-order chi connectivity index (χ1) is 7.79. The van der Waals surface area contributed by atoms with E-state index in [-0.39, 0.29) is 0 Å². The van der Waals surface area contributed by atoms with Gasteiger partial charge in [-0.15, -0.1) is 0 Å². The molecule has 88 valence electrons. The van der Waals surface area contributed by atoms with Crippen molar-refractivity contribution >= 4 is 15.9 Å². The van der Waals surface area contributed by atoms with Crippen molar-refractivity contribution < 1.29 is 0 Å². The first kappa shape index (κ1) is 12.1. The summed E-state index contributed by atoms with van der Waals surface area (Å²) < 4.78 is 1.05. The number of nitrogens with two attached hydrogens (primary N) is 1. The molecule has 0 spiro atoms. The van der Waals surface area contributed by atoms with Crippen LogP contribution in [0.1, 0.15) is 31.4 Å². The van der Waals surface area contributed by atoms with Crippen molar-refractivity contribution in [3.05, 3.63) is 28.5 Å². The zero-order valence-corrected chi connectivity index (χ0v) is 11.1. The number of hydrogen-bond donors (Lipinski definition) is 1. The molecule has 0 aliphatic heterocycles. The Balaban J connectivity index is 1.99. The smallest absolute Gasteiger partial charge is 0.0413 e. The van der Waals surface area contributed by atoms with Gasteiger partial charge in [-0.3, -0.25) is 4.98 Å². The van der Waals surface area contributed by atoms with Crippen LogP contribution >= 0.6 is 15.9 Å². The lowest BCUT2D eigenvalue weighted by molar-refractivity contribution is 0.240. The molecule has 2 N–H and O–H groups in total. The van der Waals surface area contributed by atoms with E-state index in [9.17, 15) is 0 Å². The summed E-state index contributed by atoms with van der Waals surface area (Å²) in [5.41, 5.74) is 7.05. The molecule has 0 radical (unpaired) electrons. The lowest BCUT2D eigenvalue weighted by Gasteiger charge is -2.30. The Kier molecular flexibility index (Phi) is 4.36. The van der Waals surface area contributed by atoms with E-state index in [2.05, 4.69) is 33.0 Å². The van der Waals surface area contributed by atoms with Gasteiger partial charge in [0.25, 0.3) is 0 Å². The third-order valence-electron chi connectivity index (χ3n) is 3.63. The maximum atomic E-state index is 5.84. The standard InChI is InChI=1S/C13H19BrN2/c14-12-5-6-13(16-9-12)7-10-3-1-2-4-11(10)8-15/h5-6,9-11H,1-4,7-8,15H2. The minimum absolute atomic E-state index is 0.708. The first-order valence-corrected chi connectivity index (χ1v) is 6.89. The second-order valence-electron chi connectivity index (χ2n) is 4.71. The van der Waals surface area contributed by atoms with Crippen LogP contribution in [0.3, 0.4) is 0 Å². The number of halogens is 1. The van der Waals surface area contributed by atoms with E-state index in [1.54, 1.807) is 0 Å². The fraction of sp³-hybridized carbons (Fsp3) is 0.615. The molecule has 1 aromatic heterocycles. The molecule has 2 rings (SSSR count). The van der Waals surface area contributed by atoms with Crippen LogP contribution in [0.5, 0.6) is 0 Å². The van der Waals surface area contributed by atoms with Gasteiger partial charge in [-0.25, -0.2) is 0 Å². The van der Waals surface area contributed by atoms with Gasteiger partial charge in [0.05, 0.1) is 0 Å². The highest BCUT2D eigenvalue weighted by molar-refractivity contribution is 9.10. The number of rotatable bonds is 3. The summed E-state index contributed by atoms with van der Waals surface area (Å²) in [6.07, 6.45) is 8.31. The SMILES string of the molecule is NCC1CCCCC1Cc1ccc(Br)cn1. The van der Waals surface area contributed by atoms with Crippen molar-refractivity contribution in [1.29, 1.82) is 0 Å².